The molecule has 3 rings (SSSR count). The van der Waals surface area contributed by atoms with E-state index in [4.69, 9.17) is 0 Å². The van der Waals surface area contributed by atoms with Gasteiger partial charge in [0.15, 0.2) is 0 Å². The predicted molar refractivity (Wildman–Crippen MR) is 76.2 cm³/mol. The smallest absolute Gasteiger partial charge is 0.318 e. The number of aromatic nitrogens is 2. The van der Waals surface area contributed by atoms with Crippen LogP contribution in [0.1, 0.15) is 29.5 Å². The fourth-order valence-electron chi connectivity index (χ4n) is 3.01. The largest absolute Gasteiger partial charge is 0.480 e. The summed E-state index contributed by atoms with van der Waals surface area (Å²) in [5.41, 5.74) is 1.55. The van der Waals surface area contributed by atoms with Crippen molar-refractivity contribution < 1.29 is 14.3 Å². The second-order valence-corrected chi connectivity index (χ2v) is 5.35. The standard InChI is InChI=1S/C16H15FN2O2/c1-10-13(3-2-4-14(10)17)16(15(20)21)6-5-11(7-16)12-8-18-19-9-12/h2-4,7-9H,5-6H2,1H3,(H,18,19)(H,20,21). The number of halogens is 1. The first kappa shape index (κ1) is 13.5. The average molecular weight is 286 g/mol. The highest BCUT2D eigenvalue weighted by Crippen LogP contribution is 2.44. The van der Waals surface area contributed by atoms with Crippen molar-refractivity contribution in [2.75, 3.05) is 0 Å². The molecule has 1 aliphatic rings. The van der Waals surface area contributed by atoms with Gasteiger partial charge in [-0.3, -0.25) is 9.89 Å². The van der Waals surface area contributed by atoms with Gasteiger partial charge in [-0.1, -0.05) is 18.2 Å². The van der Waals surface area contributed by atoms with Crippen LogP contribution in [-0.2, 0) is 10.2 Å². The number of carbonyl (C=O) groups is 1. The van der Waals surface area contributed by atoms with E-state index in [1.54, 1.807) is 37.5 Å². The van der Waals surface area contributed by atoms with Gasteiger partial charge in [-0.2, -0.15) is 5.10 Å². The normalized spacial score (nSPS) is 21.3. The van der Waals surface area contributed by atoms with Crippen LogP contribution >= 0.6 is 0 Å². The van der Waals surface area contributed by atoms with Crippen LogP contribution in [0.3, 0.4) is 0 Å². The van der Waals surface area contributed by atoms with Gasteiger partial charge in [0, 0.05) is 11.8 Å². The number of rotatable bonds is 3. The van der Waals surface area contributed by atoms with Crippen molar-refractivity contribution in [2.45, 2.75) is 25.2 Å². The van der Waals surface area contributed by atoms with E-state index in [-0.39, 0.29) is 5.82 Å². The minimum Gasteiger partial charge on any atom is -0.480 e. The topological polar surface area (TPSA) is 66.0 Å². The molecule has 5 heteroatoms. The number of aliphatic carboxylic acids is 1. The number of aromatic amines is 1. The van der Waals surface area contributed by atoms with E-state index in [1.807, 2.05) is 0 Å². The van der Waals surface area contributed by atoms with Gasteiger partial charge in [0.25, 0.3) is 0 Å². The number of allylic oxidation sites excluding steroid dienone is 1. The fraction of sp³-hybridized carbons (Fsp3) is 0.250. The molecule has 0 amide bonds. The van der Waals surface area contributed by atoms with E-state index in [1.165, 1.54) is 6.07 Å². The van der Waals surface area contributed by atoms with E-state index < -0.39 is 11.4 Å². The molecular weight excluding hydrogens is 271 g/mol. The molecule has 1 aromatic carbocycles. The monoisotopic (exact) mass is 286 g/mol. The number of benzene rings is 1. The summed E-state index contributed by atoms with van der Waals surface area (Å²) in [5, 5.41) is 16.4. The van der Waals surface area contributed by atoms with Crippen molar-refractivity contribution in [2.24, 2.45) is 0 Å². The van der Waals surface area contributed by atoms with E-state index >= 15 is 0 Å². The Bertz CT molecular complexity index is 722. The van der Waals surface area contributed by atoms with Gasteiger partial charge in [-0.15, -0.1) is 0 Å². The van der Waals surface area contributed by atoms with Crippen molar-refractivity contribution >= 4 is 11.5 Å². The molecule has 0 radical (unpaired) electrons. The molecule has 0 spiro atoms. The number of hydrogen-bond donors (Lipinski definition) is 2. The van der Waals surface area contributed by atoms with Crippen LogP contribution < -0.4 is 0 Å². The van der Waals surface area contributed by atoms with Crippen molar-refractivity contribution in [1.82, 2.24) is 10.2 Å². The molecule has 2 aromatic rings. The Hall–Kier alpha value is -2.43. The highest BCUT2D eigenvalue weighted by atomic mass is 19.1. The predicted octanol–water partition coefficient (Wildman–Crippen LogP) is 3.06. The Balaban J connectivity index is 2.15. The minimum absolute atomic E-state index is 0.377. The van der Waals surface area contributed by atoms with Crippen LogP contribution in [0.15, 0.2) is 36.7 Å². The van der Waals surface area contributed by atoms with Gasteiger partial charge in [0.2, 0.25) is 0 Å². The molecule has 108 valence electrons. The first-order chi connectivity index (χ1) is 10.0. The SMILES string of the molecule is Cc1c(F)cccc1C1(C(=O)O)C=C(c2cn[nH]c2)CC1. The summed E-state index contributed by atoms with van der Waals surface area (Å²) in [7, 11) is 0. The lowest BCUT2D eigenvalue weighted by molar-refractivity contribution is -0.141. The molecule has 4 nitrogen and oxygen atoms in total. The molecule has 0 saturated carbocycles. The molecule has 1 heterocycles. The lowest BCUT2D eigenvalue weighted by Crippen LogP contribution is -2.32. The lowest BCUT2D eigenvalue weighted by atomic mass is 9.78. The zero-order valence-corrected chi connectivity index (χ0v) is 11.6. The lowest BCUT2D eigenvalue weighted by Gasteiger charge is -2.24. The number of carboxylic acid groups (broad SMARTS) is 1. The van der Waals surface area contributed by atoms with Gasteiger partial charge < -0.3 is 5.11 Å². The van der Waals surface area contributed by atoms with Gasteiger partial charge in [-0.25, -0.2) is 4.39 Å². The minimum atomic E-state index is -1.17. The Morgan fingerprint density at radius 3 is 2.95 bits per heavy atom. The highest BCUT2D eigenvalue weighted by molar-refractivity contribution is 5.90. The number of carboxylic acids is 1. The first-order valence-corrected chi connectivity index (χ1v) is 6.74. The zero-order chi connectivity index (χ0) is 15.0. The summed E-state index contributed by atoms with van der Waals surface area (Å²) in [6, 6.07) is 4.61. The molecule has 1 atom stereocenters. The zero-order valence-electron chi connectivity index (χ0n) is 11.6. The highest BCUT2D eigenvalue weighted by Gasteiger charge is 2.43. The molecule has 0 bridgehead atoms. The molecule has 2 N–H and O–H groups in total. The van der Waals surface area contributed by atoms with Gasteiger partial charge >= 0.3 is 5.97 Å². The molecular formula is C16H15FN2O2. The summed E-state index contributed by atoms with van der Waals surface area (Å²) in [6.07, 6.45) is 6.20. The Kier molecular flexibility index (Phi) is 3.12. The van der Waals surface area contributed by atoms with Crippen molar-refractivity contribution in [3.05, 3.63) is 59.2 Å². The summed E-state index contributed by atoms with van der Waals surface area (Å²) in [5.74, 6) is -1.33. The molecule has 1 unspecified atom stereocenters. The third-order valence-electron chi connectivity index (χ3n) is 4.21. The van der Waals surface area contributed by atoms with Crippen LogP contribution in [0.25, 0.3) is 5.57 Å². The van der Waals surface area contributed by atoms with Crippen LogP contribution in [0.4, 0.5) is 4.39 Å². The Morgan fingerprint density at radius 1 is 1.48 bits per heavy atom. The molecule has 1 aromatic heterocycles. The van der Waals surface area contributed by atoms with Gasteiger partial charge in [0.1, 0.15) is 11.2 Å². The molecule has 0 fully saturated rings. The number of H-pyrrole nitrogens is 1. The first-order valence-electron chi connectivity index (χ1n) is 6.74. The maximum absolute atomic E-state index is 13.8. The molecule has 0 aliphatic heterocycles. The number of nitrogens with one attached hydrogen (secondary N) is 1. The van der Waals surface area contributed by atoms with E-state index in [0.717, 1.165) is 11.1 Å². The van der Waals surface area contributed by atoms with E-state index in [0.29, 0.717) is 24.0 Å². The van der Waals surface area contributed by atoms with Crippen LogP contribution in [0.5, 0.6) is 0 Å². The molecule has 1 aliphatic carbocycles. The summed E-state index contributed by atoms with van der Waals surface area (Å²) in [4.78, 5) is 11.9. The number of hydrogen-bond acceptors (Lipinski definition) is 2. The third-order valence-corrected chi connectivity index (χ3v) is 4.21. The summed E-state index contributed by atoms with van der Waals surface area (Å²) < 4.78 is 13.8. The molecule has 0 saturated heterocycles. The summed E-state index contributed by atoms with van der Waals surface area (Å²) >= 11 is 0. The van der Waals surface area contributed by atoms with Crippen molar-refractivity contribution in [3.8, 4) is 0 Å². The average Bonchev–Trinajstić information content (AvgIpc) is 3.10. The van der Waals surface area contributed by atoms with E-state index in [9.17, 15) is 14.3 Å². The fourth-order valence-corrected chi connectivity index (χ4v) is 3.01. The van der Waals surface area contributed by atoms with Crippen LogP contribution in [0, 0.1) is 12.7 Å². The summed E-state index contributed by atoms with van der Waals surface area (Å²) in [6.45, 7) is 1.62. The van der Waals surface area contributed by atoms with Crippen molar-refractivity contribution in [1.29, 1.82) is 0 Å². The van der Waals surface area contributed by atoms with Gasteiger partial charge in [-0.05, 0) is 42.5 Å². The van der Waals surface area contributed by atoms with Crippen LogP contribution in [0.2, 0.25) is 0 Å². The van der Waals surface area contributed by atoms with Gasteiger partial charge in [0.05, 0.1) is 6.20 Å². The maximum Gasteiger partial charge on any atom is 0.318 e. The second kappa shape index (κ2) is 4.84. The third kappa shape index (κ3) is 2.05. The Morgan fingerprint density at radius 2 is 2.29 bits per heavy atom. The molecule has 21 heavy (non-hydrogen) atoms. The van der Waals surface area contributed by atoms with E-state index in [2.05, 4.69) is 10.2 Å². The maximum atomic E-state index is 13.8. The Labute approximate surface area is 121 Å². The number of nitrogens with zero attached hydrogens (tertiary/aromatic N) is 1. The van der Waals surface area contributed by atoms with Crippen LogP contribution in [-0.4, -0.2) is 21.3 Å². The van der Waals surface area contributed by atoms with Crippen molar-refractivity contribution in [3.63, 3.8) is 0 Å². The quantitative estimate of drug-likeness (QED) is 0.911. The second-order valence-electron chi connectivity index (χ2n) is 5.35.